The lowest BCUT2D eigenvalue weighted by Crippen LogP contribution is -2.03. The van der Waals surface area contributed by atoms with E-state index in [9.17, 15) is 9.90 Å². The molecule has 0 fully saturated rings. The second-order valence-electron chi connectivity index (χ2n) is 2.55. The van der Waals surface area contributed by atoms with Crippen molar-refractivity contribution in [2.75, 3.05) is 7.11 Å². The van der Waals surface area contributed by atoms with Gasteiger partial charge in [0.15, 0.2) is 0 Å². The second-order valence-corrected chi connectivity index (χ2v) is 2.55. The zero-order valence-electron chi connectivity index (χ0n) is 7.15. The Balaban J connectivity index is 3.17. The highest BCUT2D eigenvalue weighted by atomic mass is 16.5. The number of carboxylic acids is 1. The van der Waals surface area contributed by atoms with Crippen LogP contribution < -0.4 is 0 Å². The number of aromatic hydroxyl groups is 1. The lowest BCUT2D eigenvalue weighted by Gasteiger charge is -2.05. The molecule has 4 heteroatoms. The summed E-state index contributed by atoms with van der Waals surface area (Å²) in [5, 5.41) is 18.0. The summed E-state index contributed by atoms with van der Waals surface area (Å²) >= 11 is 0. The number of phenols is 1. The predicted octanol–water partition coefficient (Wildman–Crippen LogP) is 1.24. The SMILES string of the molecule is COCc1cccc(O)c1C(=O)O. The van der Waals surface area contributed by atoms with Crippen LogP contribution in [0, 0.1) is 0 Å². The fourth-order valence-corrected chi connectivity index (χ4v) is 1.11. The Morgan fingerprint density at radius 1 is 1.54 bits per heavy atom. The summed E-state index contributed by atoms with van der Waals surface area (Å²) in [5.74, 6) is -1.38. The van der Waals surface area contributed by atoms with E-state index in [2.05, 4.69) is 0 Å². The molecule has 0 bridgehead atoms. The van der Waals surface area contributed by atoms with Crippen LogP contribution in [-0.4, -0.2) is 23.3 Å². The normalized spacial score (nSPS) is 9.92. The van der Waals surface area contributed by atoms with Gasteiger partial charge in [0.25, 0.3) is 0 Å². The van der Waals surface area contributed by atoms with Crippen molar-refractivity contribution in [1.29, 1.82) is 0 Å². The summed E-state index contributed by atoms with van der Waals surface area (Å²) in [6, 6.07) is 4.52. The van der Waals surface area contributed by atoms with Crippen molar-refractivity contribution in [3.8, 4) is 5.75 Å². The van der Waals surface area contributed by atoms with Gasteiger partial charge in [-0.1, -0.05) is 12.1 Å². The Morgan fingerprint density at radius 3 is 2.77 bits per heavy atom. The highest BCUT2D eigenvalue weighted by molar-refractivity contribution is 5.92. The molecular formula is C9H10O4. The predicted molar refractivity (Wildman–Crippen MR) is 45.8 cm³/mol. The Hall–Kier alpha value is -1.55. The van der Waals surface area contributed by atoms with Crippen LogP contribution in [-0.2, 0) is 11.3 Å². The van der Waals surface area contributed by atoms with Gasteiger partial charge in [-0.3, -0.25) is 0 Å². The maximum atomic E-state index is 10.7. The molecule has 0 aromatic heterocycles. The number of carboxylic acid groups (broad SMARTS) is 1. The van der Waals surface area contributed by atoms with Gasteiger partial charge in [-0.2, -0.15) is 0 Å². The minimum Gasteiger partial charge on any atom is -0.507 e. The molecule has 0 aliphatic rings. The van der Waals surface area contributed by atoms with E-state index >= 15 is 0 Å². The van der Waals surface area contributed by atoms with Crippen LogP contribution in [0.15, 0.2) is 18.2 Å². The minimum atomic E-state index is -1.15. The quantitative estimate of drug-likeness (QED) is 0.737. The molecule has 1 aromatic carbocycles. The fourth-order valence-electron chi connectivity index (χ4n) is 1.11. The first-order valence-corrected chi connectivity index (χ1v) is 3.70. The maximum Gasteiger partial charge on any atom is 0.339 e. The molecule has 0 saturated heterocycles. The number of aromatic carboxylic acids is 1. The topological polar surface area (TPSA) is 66.8 Å². The third kappa shape index (κ3) is 1.97. The zero-order chi connectivity index (χ0) is 9.84. The Morgan fingerprint density at radius 2 is 2.23 bits per heavy atom. The summed E-state index contributed by atoms with van der Waals surface area (Å²) in [5.41, 5.74) is 0.374. The Kier molecular flexibility index (Phi) is 2.87. The summed E-state index contributed by atoms with van der Waals surface area (Å²) < 4.78 is 4.80. The van der Waals surface area contributed by atoms with Crippen LogP contribution in [0.1, 0.15) is 15.9 Å². The average Bonchev–Trinajstić information content (AvgIpc) is 2.04. The molecule has 13 heavy (non-hydrogen) atoms. The number of hydrogen-bond acceptors (Lipinski definition) is 3. The molecule has 0 amide bonds. The molecule has 0 spiro atoms. The first-order chi connectivity index (χ1) is 6.16. The Bertz CT molecular complexity index is 319. The van der Waals surface area contributed by atoms with Crippen molar-refractivity contribution in [3.05, 3.63) is 29.3 Å². The van der Waals surface area contributed by atoms with Gasteiger partial charge in [0.05, 0.1) is 6.61 Å². The summed E-state index contributed by atoms with van der Waals surface area (Å²) in [6.45, 7) is 0.177. The Labute approximate surface area is 75.4 Å². The number of benzene rings is 1. The number of carbonyl (C=O) groups is 1. The monoisotopic (exact) mass is 182 g/mol. The van der Waals surface area contributed by atoms with E-state index in [1.54, 1.807) is 12.1 Å². The summed E-state index contributed by atoms with van der Waals surface area (Å²) in [6.07, 6.45) is 0. The lowest BCUT2D eigenvalue weighted by molar-refractivity contribution is 0.0688. The number of hydrogen-bond donors (Lipinski definition) is 2. The van der Waals surface area contributed by atoms with E-state index < -0.39 is 5.97 Å². The largest absolute Gasteiger partial charge is 0.507 e. The zero-order valence-corrected chi connectivity index (χ0v) is 7.15. The third-order valence-electron chi connectivity index (χ3n) is 1.64. The lowest BCUT2D eigenvalue weighted by atomic mass is 10.1. The van der Waals surface area contributed by atoms with Gasteiger partial charge in [0.1, 0.15) is 11.3 Å². The molecule has 1 rings (SSSR count). The second kappa shape index (κ2) is 3.91. The van der Waals surface area contributed by atoms with E-state index in [4.69, 9.17) is 9.84 Å². The summed E-state index contributed by atoms with van der Waals surface area (Å²) in [7, 11) is 1.47. The fraction of sp³-hybridized carbons (Fsp3) is 0.222. The molecule has 0 radical (unpaired) electrons. The molecule has 0 saturated carbocycles. The molecule has 70 valence electrons. The minimum absolute atomic E-state index is 0.0932. The van der Waals surface area contributed by atoms with Crippen molar-refractivity contribution in [2.24, 2.45) is 0 Å². The first-order valence-electron chi connectivity index (χ1n) is 3.70. The van der Waals surface area contributed by atoms with E-state index in [0.717, 1.165) is 0 Å². The molecule has 0 atom stereocenters. The van der Waals surface area contributed by atoms with Crippen molar-refractivity contribution >= 4 is 5.97 Å². The van der Waals surface area contributed by atoms with E-state index in [-0.39, 0.29) is 17.9 Å². The van der Waals surface area contributed by atoms with Crippen LogP contribution in [0.3, 0.4) is 0 Å². The smallest absolute Gasteiger partial charge is 0.339 e. The van der Waals surface area contributed by atoms with Gasteiger partial charge in [0, 0.05) is 7.11 Å². The van der Waals surface area contributed by atoms with Gasteiger partial charge in [0.2, 0.25) is 0 Å². The van der Waals surface area contributed by atoms with Crippen molar-refractivity contribution < 1.29 is 19.7 Å². The van der Waals surface area contributed by atoms with Crippen LogP contribution in [0.5, 0.6) is 5.75 Å². The van der Waals surface area contributed by atoms with Crippen molar-refractivity contribution in [3.63, 3.8) is 0 Å². The molecule has 0 aliphatic heterocycles. The highest BCUT2D eigenvalue weighted by Crippen LogP contribution is 2.21. The number of methoxy groups -OCH3 is 1. The van der Waals surface area contributed by atoms with Crippen molar-refractivity contribution in [1.82, 2.24) is 0 Å². The first kappa shape index (κ1) is 9.54. The van der Waals surface area contributed by atoms with Gasteiger partial charge in [-0.15, -0.1) is 0 Å². The highest BCUT2D eigenvalue weighted by Gasteiger charge is 2.14. The van der Waals surface area contributed by atoms with E-state index in [1.165, 1.54) is 13.2 Å². The van der Waals surface area contributed by atoms with Crippen LogP contribution in [0.4, 0.5) is 0 Å². The molecule has 4 nitrogen and oxygen atoms in total. The molecule has 1 aromatic rings. The van der Waals surface area contributed by atoms with Gasteiger partial charge in [-0.25, -0.2) is 4.79 Å². The van der Waals surface area contributed by atoms with E-state index in [1.807, 2.05) is 0 Å². The van der Waals surface area contributed by atoms with Crippen LogP contribution in [0.2, 0.25) is 0 Å². The molecule has 0 aliphatic carbocycles. The number of rotatable bonds is 3. The molecule has 2 N–H and O–H groups in total. The standard InChI is InChI=1S/C9H10O4/c1-13-5-6-3-2-4-7(10)8(6)9(11)12/h2-4,10H,5H2,1H3,(H,11,12). The van der Waals surface area contributed by atoms with Crippen molar-refractivity contribution in [2.45, 2.75) is 6.61 Å². The molecular weight excluding hydrogens is 172 g/mol. The van der Waals surface area contributed by atoms with Gasteiger partial charge >= 0.3 is 5.97 Å². The molecule has 0 heterocycles. The van der Waals surface area contributed by atoms with Crippen LogP contribution >= 0.6 is 0 Å². The van der Waals surface area contributed by atoms with Gasteiger partial charge < -0.3 is 14.9 Å². The molecule has 0 unspecified atom stereocenters. The van der Waals surface area contributed by atoms with Crippen LogP contribution in [0.25, 0.3) is 0 Å². The van der Waals surface area contributed by atoms with Gasteiger partial charge in [-0.05, 0) is 11.6 Å². The van der Waals surface area contributed by atoms with E-state index in [0.29, 0.717) is 5.56 Å². The maximum absolute atomic E-state index is 10.7. The number of ether oxygens (including phenoxy) is 1. The average molecular weight is 182 g/mol. The summed E-state index contributed by atoms with van der Waals surface area (Å²) in [4.78, 5) is 10.7. The third-order valence-corrected chi connectivity index (χ3v) is 1.64.